The van der Waals surface area contributed by atoms with Gasteiger partial charge in [0.05, 0.1) is 28.2 Å². The lowest BCUT2D eigenvalue weighted by molar-refractivity contribution is -0.386. The number of methoxy groups -OCH3 is 1. The fourth-order valence-corrected chi connectivity index (χ4v) is 3.68. The van der Waals surface area contributed by atoms with Crippen LogP contribution >= 0.6 is 0 Å². The van der Waals surface area contributed by atoms with Gasteiger partial charge in [-0.1, -0.05) is 12.1 Å². The number of nitro benzene ring substituents is 2. The highest BCUT2D eigenvalue weighted by molar-refractivity contribution is 6.04. The number of amides is 1. The zero-order valence-electron chi connectivity index (χ0n) is 18.5. The Labute approximate surface area is 198 Å². The van der Waals surface area contributed by atoms with Crippen molar-refractivity contribution in [1.82, 2.24) is 5.01 Å². The molecule has 178 valence electrons. The molecule has 0 fully saturated rings. The van der Waals surface area contributed by atoms with Crippen molar-refractivity contribution in [2.45, 2.75) is 13.1 Å². The molecule has 0 aromatic heterocycles. The lowest BCUT2D eigenvalue weighted by Crippen LogP contribution is -2.40. The van der Waals surface area contributed by atoms with E-state index in [-0.39, 0.29) is 17.0 Å². The maximum Gasteiger partial charge on any atom is 0.315 e. The van der Waals surface area contributed by atoms with Crippen LogP contribution in [-0.2, 0) is 0 Å². The molecule has 0 radical (unpaired) electrons. The number of aromatic hydroxyl groups is 1. The van der Waals surface area contributed by atoms with Gasteiger partial charge in [-0.2, -0.15) is 5.10 Å². The number of phenols is 1. The SMILES string of the molecule is COc1cc(C2Nc3ccccc3C(=O)N2N=C(C)c2ccc([N+](=O)[O-])cc2)cc([N+](=O)[O-])c1O. The molecule has 12 heteroatoms. The minimum absolute atomic E-state index is 0.0902. The molecule has 0 spiro atoms. The number of para-hydroxylation sites is 1. The van der Waals surface area contributed by atoms with Gasteiger partial charge in [0.15, 0.2) is 11.9 Å². The summed E-state index contributed by atoms with van der Waals surface area (Å²) in [5, 5.41) is 41.4. The van der Waals surface area contributed by atoms with Crippen molar-refractivity contribution >= 4 is 28.7 Å². The summed E-state index contributed by atoms with van der Waals surface area (Å²) < 4.78 is 5.10. The molecule has 0 aliphatic carbocycles. The first-order valence-corrected chi connectivity index (χ1v) is 10.3. The first kappa shape index (κ1) is 23.2. The topological polar surface area (TPSA) is 160 Å². The highest BCUT2D eigenvalue weighted by Crippen LogP contribution is 2.41. The van der Waals surface area contributed by atoms with E-state index in [0.29, 0.717) is 22.5 Å². The van der Waals surface area contributed by atoms with Gasteiger partial charge in [0, 0.05) is 29.4 Å². The van der Waals surface area contributed by atoms with Crippen LogP contribution in [0.5, 0.6) is 11.5 Å². The number of anilines is 1. The number of phenolic OH excluding ortho intramolecular Hbond substituents is 1. The number of ether oxygens (including phenoxy) is 1. The van der Waals surface area contributed by atoms with Crippen LogP contribution in [0.3, 0.4) is 0 Å². The van der Waals surface area contributed by atoms with Crippen LogP contribution in [0.1, 0.15) is 34.6 Å². The van der Waals surface area contributed by atoms with Crippen molar-refractivity contribution in [3.05, 3.63) is 97.6 Å². The van der Waals surface area contributed by atoms with Crippen LogP contribution in [-0.4, -0.2) is 38.7 Å². The molecular formula is C23H19N5O7. The van der Waals surface area contributed by atoms with Crippen LogP contribution in [0, 0.1) is 20.2 Å². The van der Waals surface area contributed by atoms with E-state index in [1.165, 1.54) is 37.4 Å². The zero-order chi connectivity index (χ0) is 25.3. The Kier molecular flexibility index (Phi) is 6.02. The summed E-state index contributed by atoms with van der Waals surface area (Å²) in [6.45, 7) is 1.63. The van der Waals surface area contributed by atoms with Crippen molar-refractivity contribution in [3.8, 4) is 11.5 Å². The Morgan fingerprint density at radius 2 is 1.77 bits per heavy atom. The molecule has 12 nitrogen and oxygen atoms in total. The van der Waals surface area contributed by atoms with Crippen LogP contribution in [0.25, 0.3) is 0 Å². The molecule has 1 aliphatic rings. The number of carbonyl (C=O) groups is 1. The predicted molar refractivity (Wildman–Crippen MR) is 126 cm³/mol. The van der Waals surface area contributed by atoms with Crippen LogP contribution in [0.15, 0.2) is 65.8 Å². The molecule has 1 amide bonds. The van der Waals surface area contributed by atoms with Crippen molar-refractivity contribution in [3.63, 3.8) is 0 Å². The molecule has 0 bridgehead atoms. The van der Waals surface area contributed by atoms with E-state index in [9.17, 15) is 30.1 Å². The number of hydrogen-bond donors (Lipinski definition) is 2. The van der Waals surface area contributed by atoms with E-state index in [0.717, 1.165) is 11.1 Å². The fraction of sp³-hybridized carbons (Fsp3) is 0.130. The van der Waals surface area contributed by atoms with E-state index >= 15 is 0 Å². The molecule has 3 aromatic rings. The molecule has 35 heavy (non-hydrogen) atoms. The molecule has 0 saturated carbocycles. The molecule has 3 aromatic carbocycles. The third kappa shape index (κ3) is 4.31. The van der Waals surface area contributed by atoms with Gasteiger partial charge in [-0.15, -0.1) is 0 Å². The standard InChI is InChI=1S/C23H19N5O7/c1-13(14-7-9-16(10-8-14)27(31)32)25-26-22(24-18-6-4-3-5-17(18)23(26)30)15-11-19(28(33)34)21(29)20(12-15)35-2/h3-12,22,24,29H,1-2H3. The second kappa shape index (κ2) is 9.09. The van der Waals surface area contributed by atoms with E-state index in [4.69, 9.17) is 4.74 Å². The highest BCUT2D eigenvalue weighted by Gasteiger charge is 2.35. The predicted octanol–water partition coefficient (Wildman–Crippen LogP) is 4.21. The lowest BCUT2D eigenvalue weighted by atomic mass is 10.0. The Balaban J connectivity index is 1.84. The lowest BCUT2D eigenvalue weighted by Gasteiger charge is -2.35. The first-order chi connectivity index (χ1) is 16.7. The number of nitro groups is 2. The molecular weight excluding hydrogens is 458 g/mol. The number of hydrazone groups is 1. The largest absolute Gasteiger partial charge is 0.500 e. The normalized spacial score (nSPS) is 15.3. The summed E-state index contributed by atoms with van der Waals surface area (Å²) in [6.07, 6.45) is -0.987. The highest BCUT2D eigenvalue weighted by atomic mass is 16.6. The smallest absolute Gasteiger partial charge is 0.315 e. The Bertz CT molecular complexity index is 1370. The van der Waals surface area contributed by atoms with Crippen molar-refractivity contribution in [1.29, 1.82) is 0 Å². The minimum atomic E-state index is -0.987. The average molecular weight is 477 g/mol. The second-order valence-electron chi connectivity index (χ2n) is 7.58. The van der Waals surface area contributed by atoms with Crippen molar-refractivity contribution in [2.75, 3.05) is 12.4 Å². The number of rotatable bonds is 6. The Hall–Kier alpha value is -5.00. The van der Waals surface area contributed by atoms with Gasteiger partial charge in [-0.25, -0.2) is 5.01 Å². The van der Waals surface area contributed by atoms with Crippen LogP contribution < -0.4 is 10.1 Å². The van der Waals surface area contributed by atoms with Gasteiger partial charge in [0.2, 0.25) is 5.75 Å². The zero-order valence-corrected chi connectivity index (χ0v) is 18.5. The Morgan fingerprint density at radius 1 is 1.09 bits per heavy atom. The third-order valence-corrected chi connectivity index (χ3v) is 5.47. The quantitative estimate of drug-likeness (QED) is 0.303. The first-order valence-electron chi connectivity index (χ1n) is 10.3. The summed E-state index contributed by atoms with van der Waals surface area (Å²) in [5.74, 6) is -1.25. The molecule has 2 N–H and O–H groups in total. The number of fused-ring (bicyclic) bond motifs is 1. The third-order valence-electron chi connectivity index (χ3n) is 5.47. The molecule has 1 heterocycles. The van der Waals surface area contributed by atoms with Crippen molar-refractivity contribution < 1.29 is 24.5 Å². The van der Waals surface area contributed by atoms with Gasteiger partial charge in [-0.05, 0) is 42.8 Å². The van der Waals surface area contributed by atoms with E-state index in [1.807, 2.05) is 0 Å². The number of nitrogens with zero attached hydrogens (tertiary/aromatic N) is 4. The molecule has 0 saturated heterocycles. The van der Waals surface area contributed by atoms with E-state index < -0.39 is 33.4 Å². The average Bonchev–Trinajstić information content (AvgIpc) is 2.85. The van der Waals surface area contributed by atoms with Crippen molar-refractivity contribution in [2.24, 2.45) is 5.10 Å². The van der Waals surface area contributed by atoms with Gasteiger partial charge in [-0.3, -0.25) is 25.0 Å². The van der Waals surface area contributed by atoms with Gasteiger partial charge in [0.1, 0.15) is 0 Å². The fourth-order valence-electron chi connectivity index (χ4n) is 3.68. The van der Waals surface area contributed by atoms with Gasteiger partial charge >= 0.3 is 5.69 Å². The number of nitrogens with one attached hydrogen (secondary N) is 1. The van der Waals surface area contributed by atoms with E-state index in [2.05, 4.69) is 10.4 Å². The van der Waals surface area contributed by atoms with Crippen LogP contribution in [0.4, 0.5) is 17.1 Å². The van der Waals surface area contributed by atoms with Gasteiger partial charge in [0.25, 0.3) is 11.6 Å². The number of hydrogen-bond acceptors (Lipinski definition) is 9. The summed E-state index contributed by atoms with van der Waals surface area (Å²) >= 11 is 0. The van der Waals surface area contributed by atoms with Gasteiger partial charge < -0.3 is 15.2 Å². The summed E-state index contributed by atoms with van der Waals surface area (Å²) in [7, 11) is 1.26. The summed E-state index contributed by atoms with van der Waals surface area (Å²) in [5.41, 5.74) is 1.31. The number of carbonyl (C=O) groups excluding carboxylic acids is 1. The minimum Gasteiger partial charge on any atom is -0.500 e. The molecule has 4 rings (SSSR count). The molecule has 1 unspecified atom stereocenters. The summed E-state index contributed by atoms with van der Waals surface area (Å²) in [6, 6.07) is 14.9. The summed E-state index contributed by atoms with van der Waals surface area (Å²) in [4.78, 5) is 34.6. The molecule has 1 atom stereocenters. The maximum atomic E-state index is 13.4. The van der Waals surface area contributed by atoms with Crippen LogP contribution in [0.2, 0.25) is 0 Å². The monoisotopic (exact) mass is 477 g/mol. The maximum absolute atomic E-state index is 13.4. The number of non-ortho nitro benzene ring substituents is 1. The Morgan fingerprint density at radius 3 is 2.40 bits per heavy atom. The molecule has 1 aliphatic heterocycles. The van der Waals surface area contributed by atoms with E-state index in [1.54, 1.807) is 31.2 Å². The number of benzene rings is 3. The second-order valence-corrected chi connectivity index (χ2v) is 7.58.